The molecule has 6 nitrogen and oxygen atoms in total. The lowest BCUT2D eigenvalue weighted by molar-refractivity contribution is -0.153. The highest BCUT2D eigenvalue weighted by molar-refractivity contribution is 6.14. The molecule has 1 fully saturated rings. The van der Waals surface area contributed by atoms with E-state index < -0.39 is 18.0 Å². The van der Waals surface area contributed by atoms with E-state index in [-0.39, 0.29) is 24.7 Å². The Morgan fingerprint density at radius 3 is 1.94 bits per heavy atom. The number of hydrogen-bond acceptors (Lipinski definition) is 4. The number of likely N-dealkylation sites (tertiary alicyclic amines) is 1. The van der Waals surface area contributed by atoms with Crippen molar-refractivity contribution in [3.8, 4) is 0 Å². The van der Waals surface area contributed by atoms with Gasteiger partial charge in [0.25, 0.3) is 11.8 Å². The van der Waals surface area contributed by atoms with Crippen LogP contribution >= 0.6 is 0 Å². The normalized spacial score (nSPS) is 21.4. The summed E-state index contributed by atoms with van der Waals surface area (Å²) in [6, 6.07) is 0. The number of imide groups is 2. The highest BCUT2D eigenvalue weighted by Crippen LogP contribution is 2.23. The third-order valence-electron chi connectivity index (χ3n) is 3.08. The van der Waals surface area contributed by atoms with E-state index in [0.717, 1.165) is 22.0 Å². The third-order valence-corrected chi connectivity index (χ3v) is 3.08. The first kappa shape index (κ1) is 12.5. The van der Waals surface area contributed by atoms with E-state index in [2.05, 4.69) is 0 Å². The van der Waals surface area contributed by atoms with E-state index in [4.69, 9.17) is 0 Å². The van der Waals surface area contributed by atoms with Gasteiger partial charge in [0.15, 0.2) is 0 Å². The van der Waals surface area contributed by atoms with Gasteiger partial charge in [-0.05, 0) is 6.42 Å². The maximum Gasteiger partial charge on any atom is 0.255 e. The summed E-state index contributed by atoms with van der Waals surface area (Å²) < 4.78 is 0. The highest BCUT2D eigenvalue weighted by Gasteiger charge is 2.42. The van der Waals surface area contributed by atoms with Crippen LogP contribution in [0.4, 0.5) is 0 Å². The Balaban J connectivity index is 2.28. The number of rotatable bonds is 4. The lowest BCUT2D eigenvalue weighted by atomic mass is 10.2. The molecule has 2 aliphatic rings. The van der Waals surface area contributed by atoms with Crippen LogP contribution in [0.3, 0.4) is 0 Å². The number of carbonyl (C=O) groups excluding carboxylic acids is 4. The van der Waals surface area contributed by atoms with Gasteiger partial charge in [-0.15, -0.1) is 0 Å². The van der Waals surface area contributed by atoms with E-state index >= 15 is 0 Å². The van der Waals surface area contributed by atoms with E-state index in [1.54, 1.807) is 0 Å². The molecule has 1 unspecified atom stereocenters. The fourth-order valence-corrected chi connectivity index (χ4v) is 2.26. The molecule has 2 aliphatic heterocycles. The van der Waals surface area contributed by atoms with E-state index in [0.29, 0.717) is 12.8 Å². The van der Waals surface area contributed by atoms with Gasteiger partial charge in [0.2, 0.25) is 11.8 Å². The topological polar surface area (TPSA) is 74.8 Å². The molecule has 0 spiro atoms. The fraction of sp³-hybridized carbons (Fsp3) is 0.500. The average Bonchev–Trinajstić information content (AvgIpc) is 2.82. The summed E-state index contributed by atoms with van der Waals surface area (Å²) in [6.07, 6.45) is 2.94. The Morgan fingerprint density at radius 2 is 1.50 bits per heavy atom. The van der Waals surface area contributed by atoms with Gasteiger partial charge >= 0.3 is 0 Å². The van der Waals surface area contributed by atoms with Gasteiger partial charge in [-0.25, -0.2) is 0 Å². The van der Waals surface area contributed by atoms with Crippen LogP contribution in [0.5, 0.6) is 0 Å². The van der Waals surface area contributed by atoms with Gasteiger partial charge in [0, 0.05) is 25.0 Å². The van der Waals surface area contributed by atoms with Crippen LogP contribution in [-0.2, 0) is 19.2 Å². The molecule has 2 rings (SSSR count). The van der Waals surface area contributed by atoms with Gasteiger partial charge in [-0.2, -0.15) is 0 Å². The monoisotopic (exact) mass is 250 g/mol. The van der Waals surface area contributed by atoms with Gasteiger partial charge in [0.05, 0.1) is 0 Å². The van der Waals surface area contributed by atoms with Crippen LogP contribution in [-0.4, -0.2) is 39.6 Å². The summed E-state index contributed by atoms with van der Waals surface area (Å²) in [5.41, 5.74) is 0. The van der Waals surface area contributed by atoms with Crippen molar-refractivity contribution in [2.45, 2.75) is 38.8 Å². The average molecular weight is 250 g/mol. The summed E-state index contributed by atoms with van der Waals surface area (Å²) >= 11 is 0. The summed E-state index contributed by atoms with van der Waals surface area (Å²) in [7, 11) is 0. The van der Waals surface area contributed by atoms with Gasteiger partial charge in [-0.3, -0.25) is 29.0 Å². The van der Waals surface area contributed by atoms with Crippen LogP contribution in [0.25, 0.3) is 0 Å². The highest BCUT2D eigenvalue weighted by atomic mass is 16.2. The Kier molecular flexibility index (Phi) is 3.27. The van der Waals surface area contributed by atoms with Crippen molar-refractivity contribution in [3.63, 3.8) is 0 Å². The SMILES string of the molecule is CCCC(N1C(=O)C=CC1=O)N1C(=O)CCC1=O. The molecule has 1 saturated heterocycles. The zero-order chi connectivity index (χ0) is 13.3. The molecule has 0 N–H and O–H groups in total. The van der Waals surface area contributed by atoms with Crippen molar-refractivity contribution in [2.24, 2.45) is 0 Å². The zero-order valence-electron chi connectivity index (χ0n) is 10.1. The molecule has 0 aromatic carbocycles. The molecule has 0 saturated carbocycles. The number of amides is 4. The smallest absolute Gasteiger partial charge is 0.255 e. The van der Waals surface area contributed by atoms with Crippen molar-refractivity contribution < 1.29 is 19.2 Å². The second kappa shape index (κ2) is 4.72. The Morgan fingerprint density at radius 1 is 1.00 bits per heavy atom. The number of nitrogens with zero attached hydrogens (tertiary/aromatic N) is 2. The first-order valence-electron chi connectivity index (χ1n) is 5.96. The quantitative estimate of drug-likeness (QED) is 0.667. The van der Waals surface area contributed by atoms with Crippen molar-refractivity contribution in [3.05, 3.63) is 12.2 Å². The Bertz CT molecular complexity index is 419. The first-order chi connectivity index (χ1) is 8.56. The van der Waals surface area contributed by atoms with Crippen LogP contribution in [0.2, 0.25) is 0 Å². The van der Waals surface area contributed by atoms with Crippen molar-refractivity contribution in [2.75, 3.05) is 0 Å². The number of carbonyl (C=O) groups is 4. The fourth-order valence-electron chi connectivity index (χ4n) is 2.26. The molecule has 4 amide bonds. The second-order valence-corrected chi connectivity index (χ2v) is 4.31. The van der Waals surface area contributed by atoms with Gasteiger partial charge < -0.3 is 0 Å². The molecule has 0 aliphatic carbocycles. The summed E-state index contributed by atoms with van der Waals surface area (Å²) in [5, 5.41) is 0. The van der Waals surface area contributed by atoms with E-state index in [1.807, 2.05) is 6.92 Å². The Labute approximate surface area is 104 Å². The minimum Gasteiger partial charge on any atom is -0.274 e. The molecular weight excluding hydrogens is 236 g/mol. The predicted octanol–water partition coefficient (Wildman–Crippen LogP) is 0.187. The van der Waals surface area contributed by atoms with Crippen molar-refractivity contribution >= 4 is 23.6 Å². The molecule has 1 atom stereocenters. The third kappa shape index (κ3) is 1.94. The van der Waals surface area contributed by atoms with Crippen LogP contribution in [0.1, 0.15) is 32.6 Å². The molecule has 2 heterocycles. The summed E-state index contributed by atoms with van der Waals surface area (Å²) in [6.45, 7) is 1.87. The van der Waals surface area contributed by atoms with Crippen molar-refractivity contribution in [1.29, 1.82) is 0 Å². The molecule has 0 radical (unpaired) electrons. The number of hydrogen-bond donors (Lipinski definition) is 0. The molecule has 18 heavy (non-hydrogen) atoms. The van der Waals surface area contributed by atoms with Crippen molar-refractivity contribution in [1.82, 2.24) is 9.80 Å². The predicted molar refractivity (Wildman–Crippen MR) is 60.8 cm³/mol. The maximum atomic E-state index is 11.7. The largest absolute Gasteiger partial charge is 0.274 e. The second-order valence-electron chi connectivity index (χ2n) is 4.31. The van der Waals surface area contributed by atoms with E-state index in [1.165, 1.54) is 0 Å². The molecule has 96 valence electrons. The maximum absolute atomic E-state index is 11.7. The van der Waals surface area contributed by atoms with Gasteiger partial charge in [-0.1, -0.05) is 13.3 Å². The molecule has 0 aromatic rings. The summed E-state index contributed by atoms with van der Waals surface area (Å²) in [4.78, 5) is 48.7. The molecule has 0 bridgehead atoms. The first-order valence-corrected chi connectivity index (χ1v) is 5.96. The zero-order valence-corrected chi connectivity index (χ0v) is 10.1. The minimum atomic E-state index is -0.771. The lowest BCUT2D eigenvalue weighted by Crippen LogP contribution is -2.53. The van der Waals surface area contributed by atoms with Crippen LogP contribution in [0.15, 0.2) is 12.2 Å². The molecule has 0 aromatic heterocycles. The Hall–Kier alpha value is -1.98. The standard InChI is InChI=1S/C12H14N2O4/c1-2-3-8(13-9(15)4-5-10(13)16)14-11(17)6-7-12(14)18/h4-5,8H,2-3,6-7H2,1H3. The van der Waals surface area contributed by atoms with Crippen LogP contribution < -0.4 is 0 Å². The lowest BCUT2D eigenvalue weighted by Gasteiger charge is -2.32. The van der Waals surface area contributed by atoms with Gasteiger partial charge in [0.1, 0.15) is 6.17 Å². The van der Waals surface area contributed by atoms with E-state index in [9.17, 15) is 19.2 Å². The molecular formula is C12H14N2O4. The summed E-state index contributed by atoms with van der Waals surface area (Å²) in [5.74, 6) is -1.56. The van der Waals surface area contributed by atoms with Crippen LogP contribution in [0, 0.1) is 0 Å². The molecule has 6 heteroatoms. The minimum absolute atomic E-state index is 0.155.